The second-order valence-electron chi connectivity index (χ2n) is 6.58. The molecule has 0 aliphatic carbocycles. The summed E-state index contributed by atoms with van der Waals surface area (Å²) in [6.45, 7) is 4.06. The summed E-state index contributed by atoms with van der Waals surface area (Å²) in [6.07, 6.45) is 6.36. The molecule has 0 saturated heterocycles. The quantitative estimate of drug-likeness (QED) is 0.480. The second-order valence-corrected chi connectivity index (χ2v) is 6.58. The predicted molar refractivity (Wildman–Crippen MR) is 108 cm³/mol. The average molecular weight is 375 g/mol. The molecule has 0 aromatic carbocycles. The van der Waals surface area contributed by atoms with Gasteiger partial charge in [0, 0.05) is 51.3 Å². The highest BCUT2D eigenvalue weighted by Gasteiger charge is 2.12. The molecule has 144 valence electrons. The Bertz CT molecular complexity index is 773. The van der Waals surface area contributed by atoms with Crippen molar-refractivity contribution >= 4 is 6.29 Å². The molecular weight excluding hydrogens is 350 g/mol. The molecule has 6 heteroatoms. The molecule has 0 aliphatic heterocycles. The molecule has 3 aromatic rings. The van der Waals surface area contributed by atoms with E-state index in [9.17, 15) is 4.79 Å². The Labute approximate surface area is 165 Å². The smallest absolute Gasteiger partial charge is 0.133 e. The van der Waals surface area contributed by atoms with Crippen LogP contribution in [0.25, 0.3) is 0 Å². The van der Waals surface area contributed by atoms with Gasteiger partial charge in [0.05, 0.1) is 23.6 Å². The zero-order valence-corrected chi connectivity index (χ0v) is 15.9. The van der Waals surface area contributed by atoms with E-state index >= 15 is 0 Å². The summed E-state index contributed by atoms with van der Waals surface area (Å²) in [5.74, 6) is 0. The molecule has 0 amide bonds. The first-order valence-corrected chi connectivity index (χ1v) is 9.41. The van der Waals surface area contributed by atoms with Crippen molar-refractivity contribution in [2.45, 2.75) is 19.6 Å². The zero-order chi connectivity index (χ0) is 19.4. The van der Waals surface area contributed by atoms with Gasteiger partial charge in [0.2, 0.25) is 0 Å². The van der Waals surface area contributed by atoms with Crippen LogP contribution < -0.4 is 0 Å². The summed E-state index contributed by atoms with van der Waals surface area (Å²) in [4.78, 5) is 28.8. The van der Waals surface area contributed by atoms with E-state index in [2.05, 4.69) is 24.8 Å². The minimum absolute atomic E-state index is 0.386. The fourth-order valence-electron chi connectivity index (χ4n) is 3.00. The number of rotatable bonds is 11. The normalized spacial score (nSPS) is 11.1. The fraction of sp³-hybridized carbons (Fsp3) is 0.273. The van der Waals surface area contributed by atoms with Crippen LogP contribution in [0, 0.1) is 0 Å². The van der Waals surface area contributed by atoms with Crippen LogP contribution in [0.4, 0.5) is 0 Å². The van der Waals surface area contributed by atoms with Crippen LogP contribution in [-0.4, -0.2) is 50.7 Å². The van der Waals surface area contributed by atoms with Gasteiger partial charge in [0.25, 0.3) is 0 Å². The number of aromatic nitrogens is 3. The van der Waals surface area contributed by atoms with Gasteiger partial charge in [-0.05, 0) is 36.4 Å². The van der Waals surface area contributed by atoms with E-state index < -0.39 is 0 Å². The Balaban J connectivity index is 1.65. The van der Waals surface area contributed by atoms with E-state index in [4.69, 9.17) is 0 Å². The van der Waals surface area contributed by atoms with Crippen LogP contribution in [0.2, 0.25) is 0 Å². The van der Waals surface area contributed by atoms with Crippen LogP contribution in [0.15, 0.2) is 73.2 Å². The Kier molecular flexibility index (Phi) is 7.78. The molecule has 3 rings (SSSR count). The summed E-state index contributed by atoms with van der Waals surface area (Å²) in [6, 6.07) is 17.8. The summed E-state index contributed by atoms with van der Waals surface area (Å²) < 4.78 is 0. The second kappa shape index (κ2) is 11.0. The predicted octanol–water partition coefficient (Wildman–Crippen LogP) is 2.57. The number of hydrogen-bond acceptors (Lipinski definition) is 6. The average Bonchev–Trinajstić information content (AvgIpc) is 2.74. The lowest BCUT2D eigenvalue weighted by Gasteiger charge is -2.26. The number of carbonyl (C=O) groups is 1. The van der Waals surface area contributed by atoms with Gasteiger partial charge >= 0.3 is 0 Å². The first-order chi connectivity index (χ1) is 13.8. The molecule has 0 unspecified atom stereocenters. The highest BCUT2D eigenvalue weighted by atomic mass is 16.1. The molecule has 3 aromatic heterocycles. The highest BCUT2D eigenvalue weighted by Crippen LogP contribution is 2.08. The van der Waals surface area contributed by atoms with Crippen molar-refractivity contribution < 1.29 is 4.79 Å². The van der Waals surface area contributed by atoms with Gasteiger partial charge in [0.1, 0.15) is 6.29 Å². The third kappa shape index (κ3) is 6.64. The maximum Gasteiger partial charge on any atom is 0.133 e. The van der Waals surface area contributed by atoms with Crippen molar-refractivity contribution in [2.75, 3.05) is 19.6 Å². The number of carbonyl (C=O) groups excluding carboxylic acids is 1. The van der Waals surface area contributed by atoms with E-state index in [1.54, 1.807) is 6.20 Å². The molecule has 0 saturated carbocycles. The zero-order valence-electron chi connectivity index (χ0n) is 15.9. The van der Waals surface area contributed by atoms with Crippen LogP contribution in [0.5, 0.6) is 0 Å². The molecule has 0 radical (unpaired) electrons. The monoisotopic (exact) mass is 375 g/mol. The Morgan fingerprint density at radius 3 is 1.46 bits per heavy atom. The number of hydrogen-bond donors (Lipinski definition) is 0. The molecule has 0 aliphatic rings. The molecular formula is C22H25N5O. The molecule has 28 heavy (non-hydrogen) atoms. The van der Waals surface area contributed by atoms with Crippen molar-refractivity contribution in [3.8, 4) is 0 Å². The lowest BCUT2D eigenvalue weighted by Crippen LogP contribution is -2.35. The summed E-state index contributed by atoms with van der Waals surface area (Å²) in [7, 11) is 0. The number of pyridine rings is 3. The largest absolute Gasteiger partial charge is 0.302 e. The van der Waals surface area contributed by atoms with Gasteiger partial charge in [-0.1, -0.05) is 18.2 Å². The Morgan fingerprint density at radius 1 is 0.643 bits per heavy atom. The van der Waals surface area contributed by atoms with Crippen molar-refractivity contribution in [3.63, 3.8) is 0 Å². The summed E-state index contributed by atoms with van der Waals surface area (Å²) in [5.41, 5.74) is 3.00. The Morgan fingerprint density at radius 2 is 1.07 bits per heavy atom. The van der Waals surface area contributed by atoms with Crippen molar-refractivity contribution in [1.82, 2.24) is 24.8 Å². The Hall–Kier alpha value is -2.96. The van der Waals surface area contributed by atoms with Crippen LogP contribution >= 0.6 is 0 Å². The third-order valence-corrected chi connectivity index (χ3v) is 4.40. The third-order valence-electron chi connectivity index (χ3n) is 4.40. The van der Waals surface area contributed by atoms with Gasteiger partial charge in [-0.15, -0.1) is 0 Å². The van der Waals surface area contributed by atoms with Crippen molar-refractivity contribution in [3.05, 3.63) is 90.3 Å². The van der Waals surface area contributed by atoms with Crippen LogP contribution in [-0.2, 0) is 24.4 Å². The molecule has 0 fully saturated rings. The van der Waals surface area contributed by atoms with E-state index in [0.29, 0.717) is 13.1 Å². The van der Waals surface area contributed by atoms with Gasteiger partial charge in [-0.3, -0.25) is 24.8 Å². The molecule has 0 bridgehead atoms. The standard InChI is InChI=1S/C22H25N5O/c28-16-15-26(17-20-7-1-4-10-23-20)13-14-27(18-21-8-2-5-11-24-21)19-22-9-3-6-12-25-22/h1-12,16H,13-15,17-19H2. The highest BCUT2D eigenvalue weighted by molar-refractivity contribution is 5.51. The van der Waals surface area contributed by atoms with Crippen LogP contribution in [0.3, 0.4) is 0 Å². The fourth-order valence-corrected chi connectivity index (χ4v) is 3.00. The van der Waals surface area contributed by atoms with Gasteiger partial charge in [0.15, 0.2) is 0 Å². The lowest BCUT2D eigenvalue weighted by molar-refractivity contribution is -0.109. The first kappa shape index (κ1) is 19.8. The van der Waals surface area contributed by atoms with E-state index in [0.717, 1.165) is 49.5 Å². The van der Waals surface area contributed by atoms with Crippen molar-refractivity contribution in [2.24, 2.45) is 0 Å². The topological polar surface area (TPSA) is 62.2 Å². The van der Waals surface area contributed by atoms with Gasteiger partial charge in [-0.25, -0.2) is 0 Å². The minimum atomic E-state index is 0.386. The number of nitrogens with zero attached hydrogens (tertiary/aromatic N) is 5. The van der Waals surface area contributed by atoms with Gasteiger partial charge in [-0.2, -0.15) is 0 Å². The summed E-state index contributed by atoms with van der Waals surface area (Å²) >= 11 is 0. The molecule has 0 spiro atoms. The molecule has 0 atom stereocenters. The SMILES string of the molecule is O=CCN(CCN(Cc1ccccn1)Cc1ccccn1)Cc1ccccn1. The van der Waals surface area contributed by atoms with Crippen molar-refractivity contribution in [1.29, 1.82) is 0 Å². The lowest BCUT2D eigenvalue weighted by atomic mass is 10.2. The molecule has 0 N–H and O–H groups in total. The molecule has 3 heterocycles. The van der Waals surface area contributed by atoms with Gasteiger partial charge < -0.3 is 4.79 Å². The van der Waals surface area contributed by atoms with E-state index in [1.807, 2.05) is 67.0 Å². The van der Waals surface area contributed by atoms with E-state index in [1.165, 1.54) is 0 Å². The molecule has 6 nitrogen and oxygen atoms in total. The first-order valence-electron chi connectivity index (χ1n) is 9.41. The number of aldehydes is 1. The van der Waals surface area contributed by atoms with E-state index in [-0.39, 0.29) is 0 Å². The maximum atomic E-state index is 11.1. The minimum Gasteiger partial charge on any atom is -0.302 e. The summed E-state index contributed by atoms with van der Waals surface area (Å²) in [5, 5.41) is 0. The maximum absolute atomic E-state index is 11.1. The van der Waals surface area contributed by atoms with Crippen LogP contribution in [0.1, 0.15) is 17.1 Å².